The Bertz CT molecular complexity index is 731. The average Bonchev–Trinajstić information content (AvgIpc) is 2.77. The molecule has 3 aliphatic rings. The van der Waals surface area contributed by atoms with E-state index in [-0.39, 0.29) is 12.2 Å². The number of fused-ring (bicyclic) bond motifs is 3. The van der Waals surface area contributed by atoms with E-state index >= 15 is 0 Å². The van der Waals surface area contributed by atoms with Gasteiger partial charge in [0.2, 0.25) is 0 Å². The van der Waals surface area contributed by atoms with Crippen LogP contribution in [0.4, 0.5) is 10.5 Å². The molecule has 0 saturated heterocycles. The van der Waals surface area contributed by atoms with Crippen LogP contribution in [0.2, 0.25) is 0 Å². The van der Waals surface area contributed by atoms with Gasteiger partial charge in [0.25, 0.3) is 0 Å². The van der Waals surface area contributed by atoms with Gasteiger partial charge < -0.3 is 14.4 Å². The normalized spacial score (nSPS) is 26.2. The molecule has 1 aromatic carbocycles. The maximum Gasteiger partial charge on any atom is 0.412 e. The highest BCUT2D eigenvalue weighted by molar-refractivity contribution is 5.86. The van der Waals surface area contributed by atoms with Crippen molar-refractivity contribution in [2.75, 3.05) is 31.6 Å². The van der Waals surface area contributed by atoms with Crippen LogP contribution in [-0.2, 0) is 4.74 Å². The minimum absolute atomic E-state index is 0.0139. The van der Waals surface area contributed by atoms with Gasteiger partial charge in [-0.05, 0) is 68.2 Å². The molecule has 3 saturated carbocycles. The summed E-state index contributed by atoms with van der Waals surface area (Å²) in [5.74, 6) is 2.15. The molecule has 0 spiro atoms. The lowest BCUT2D eigenvalue weighted by molar-refractivity contribution is -0.124. The van der Waals surface area contributed by atoms with Gasteiger partial charge in [0.05, 0.1) is 12.3 Å². The minimum Gasteiger partial charge on any atom is -0.491 e. The molecule has 1 N–H and O–H groups in total. The fourth-order valence-corrected chi connectivity index (χ4v) is 6.05. The zero-order valence-corrected chi connectivity index (χ0v) is 20.9. The summed E-state index contributed by atoms with van der Waals surface area (Å²) >= 11 is 0. The predicted octanol–water partition coefficient (Wildman–Crippen LogP) is 6.59. The van der Waals surface area contributed by atoms with Crippen molar-refractivity contribution in [1.82, 2.24) is 4.90 Å². The van der Waals surface area contributed by atoms with Crippen molar-refractivity contribution in [1.29, 1.82) is 0 Å². The molecule has 0 aliphatic heterocycles. The van der Waals surface area contributed by atoms with E-state index < -0.39 is 0 Å². The van der Waals surface area contributed by atoms with Crippen LogP contribution < -0.4 is 10.1 Å². The summed E-state index contributed by atoms with van der Waals surface area (Å²) in [6.45, 7) is 15.2. The summed E-state index contributed by atoms with van der Waals surface area (Å²) in [5, 5.41) is 2.98. The third kappa shape index (κ3) is 5.98. The van der Waals surface area contributed by atoms with E-state index in [2.05, 4.69) is 44.8 Å². The van der Waals surface area contributed by atoms with Crippen LogP contribution in [0.25, 0.3) is 0 Å². The second-order valence-corrected chi connectivity index (χ2v) is 10.3. The number of ether oxygens (including phenoxy) is 2. The molecule has 180 valence electrons. The molecule has 2 bridgehead atoms. The van der Waals surface area contributed by atoms with Gasteiger partial charge in [0.15, 0.2) is 0 Å². The molecule has 1 aromatic rings. The molecule has 5 heteroatoms. The van der Waals surface area contributed by atoms with Crippen molar-refractivity contribution < 1.29 is 14.3 Å². The van der Waals surface area contributed by atoms with Crippen molar-refractivity contribution in [2.24, 2.45) is 23.2 Å². The topological polar surface area (TPSA) is 50.8 Å². The molecule has 0 heterocycles. The van der Waals surface area contributed by atoms with E-state index in [9.17, 15) is 4.79 Å². The van der Waals surface area contributed by atoms with Gasteiger partial charge >= 0.3 is 6.09 Å². The lowest BCUT2D eigenvalue weighted by Crippen LogP contribution is -2.56. The zero-order chi connectivity index (χ0) is 23.1. The Hall–Kier alpha value is -1.75. The summed E-state index contributed by atoms with van der Waals surface area (Å²) in [6, 6.07) is 7.66. The number of unbranched alkanes of at least 4 members (excludes halogenated alkanes) is 2. The third-order valence-electron chi connectivity index (χ3n) is 7.78. The van der Waals surface area contributed by atoms with Crippen LogP contribution in [0.15, 0.2) is 24.3 Å². The quantitative estimate of drug-likeness (QED) is 0.391. The second-order valence-electron chi connectivity index (χ2n) is 10.3. The first kappa shape index (κ1) is 24.9. The molecule has 3 aliphatic carbocycles. The van der Waals surface area contributed by atoms with Crippen molar-refractivity contribution in [3.8, 4) is 5.75 Å². The SMILES string of the molecule is CCCCCOc1ccccc1NC(=O)O[C@@H]1[C@@H]2CC[C@@H]([C@@H]1CN(CC)CC)C(C)(C)C2. The van der Waals surface area contributed by atoms with E-state index in [1.807, 2.05) is 24.3 Å². The van der Waals surface area contributed by atoms with Gasteiger partial charge in [-0.2, -0.15) is 0 Å². The number of para-hydroxylation sites is 2. The Morgan fingerprint density at radius 1 is 1.12 bits per heavy atom. The molecule has 1 amide bonds. The molecule has 0 unspecified atom stereocenters. The van der Waals surface area contributed by atoms with Gasteiger partial charge in [0, 0.05) is 12.5 Å². The maximum atomic E-state index is 13.0. The first-order valence-corrected chi connectivity index (χ1v) is 12.8. The standard InChI is InChI=1S/C27H44N2O3/c1-6-9-12-17-31-24-14-11-10-13-23(24)28-26(30)32-25-20-15-16-22(27(4,5)18-20)21(25)19-29(7-2)8-3/h10-11,13-14,20-22,25H,6-9,12,15-19H2,1-5H3,(H,28,30)/t20-,21+,22+,25-/m1/s1. The molecular weight excluding hydrogens is 400 g/mol. The van der Waals surface area contributed by atoms with Crippen LogP contribution in [0.1, 0.15) is 73.1 Å². The van der Waals surface area contributed by atoms with Crippen LogP contribution in [0.5, 0.6) is 5.75 Å². The first-order valence-electron chi connectivity index (χ1n) is 12.8. The zero-order valence-electron chi connectivity index (χ0n) is 20.9. The fraction of sp³-hybridized carbons (Fsp3) is 0.741. The van der Waals surface area contributed by atoms with Gasteiger partial charge in [-0.15, -0.1) is 0 Å². The van der Waals surface area contributed by atoms with E-state index in [0.29, 0.717) is 41.2 Å². The van der Waals surface area contributed by atoms with Gasteiger partial charge in [-0.25, -0.2) is 4.79 Å². The van der Waals surface area contributed by atoms with Gasteiger partial charge in [-0.3, -0.25) is 5.32 Å². The van der Waals surface area contributed by atoms with E-state index in [4.69, 9.17) is 9.47 Å². The van der Waals surface area contributed by atoms with Crippen LogP contribution >= 0.6 is 0 Å². The van der Waals surface area contributed by atoms with E-state index in [1.165, 1.54) is 6.42 Å². The monoisotopic (exact) mass is 444 g/mol. The van der Waals surface area contributed by atoms with E-state index in [0.717, 1.165) is 51.7 Å². The Kier molecular flexibility index (Phi) is 8.87. The predicted molar refractivity (Wildman–Crippen MR) is 131 cm³/mol. The van der Waals surface area contributed by atoms with E-state index in [1.54, 1.807) is 0 Å². The number of carbonyl (C=O) groups excluding carboxylic acids is 1. The highest BCUT2D eigenvalue weighted by Gasteiger charge is 2.53. The number of hydrogen-bond donors (Lipinski definition) is 1. The van der Waals surface area contributed by atoms with Crippen molar-refractivity contribution in [3.63, 3.8) is 0 Å². The van der Waals surface area contributed by atoms with Gasteiger partial charge in [-0.1, -0.05) is 59.6 Å². The number of nitrogens with one attached hydrogen (secondary N) is 1. The Balaban J connectivity index is 1.68. The number of nitrogens with zero attached hydrogens (tertiary/aromatic N) is 1. The van der Waals surface area contributed by atoms with Crippen LogP contribution in [0, 0.1) is 23.2 Å². The number of anilines is 1. The van der Waals surface area contributed by atoms with Crippen molar-refractivity contribution in [3.05, 3.63) is 24.3 Å². The molecule has 0 radical (unpaired) electrons. The lowest BCUT2D eigenvalue weighted by atomic mass is 9.52. The molecule has 5 nitrogen and oxygen atoms in total. The summed E-state index contributed by atoms with van der Waals surface area (Å²) < 4.78 is 12.1. The van der Waals surface area contributed by atoms with Crippen molar-refractivity contribution >= 4 is 11.8 Å². The van der Waals surface area contributed by atoms with Crippen molar-refractivity contribution in [2.45, 2.75) is 79.2 Å². The summed E-state index contributed by atoms with van der Waals surface area (Å²) in [5.41, 5.74) is 1.01. The third-order valence-corrected chi connectivity index (χ3v) is 7.78. The molecule has 4 atom stereocenters. The highest BCUT2D eigenvalue weighted by Crippen LogP contribution is 2.56. The first-order chi connectivity index (χ1) is 15.4. The molecule has 4 rings (SSSR count). The van der Waals surface area contributed by atoms with Crippen LogP contribution in [0.3, 0.4) is 0 Å². The molecule has 32 heavy (non-hydrogen) atoms. The minimum atomic E-state index is -0.352. The smallest absolute Gasteiger partial charge is 0.412 e. The Morgan fingerprint density at radius 2 is 1.88 bits per heavy atom. The van der Waals surface area contributed by atoms with Crippen LogP contribution in [-0.4, -0.2) is 43.3 Å². The summed E-state index contributed by atoms with van der Waals surface area (Å²) in [4.78, 5) is 15.5. The summed E-state index contributed by atoms with van der Waals surface area (Å²) in [6.07, 6.45) is 6.51. The lowest BCUT2D eigenvalue weighted by Gasteiger charge is -2.56. The highest BCUT2D eigenvalue weighted by atomic mass is 16.6. The Labute approximate surface area is 195 Å². The van der Waals surface area contributed by atoms with Gasteiger partial charge in [0.1, 0.15) is 11.9 Å². The number of benzene rings is 1. The summed E-state index contributed by atoms with van der Waals surface area (Å²) in [7, 11) is 0. The average molecular weight is 445 g/mol. The number of carbonyl (C=O) groups is 1. The molecule has 0 aromatic heterocycles. The second kappa shape index (κ2) is 11.4. The fourth-order valence-electron chi connectivity index (χ4n) is 6.05. The largest absolute Gasteiger partial charge is 0.491 e. The maximum absolute atomic E-state index is 13.0. The molecule has 3 fully saturated rings. The number of hydrogen-bond acceptors (Lipinski definition) is 4. The Morgan fingerprint density at radius 3 is 2.56 bits per heavy atom. The number of rotatable bonds is 11. The number of amides is 1. The molecular formula is C27H44N2O3.